The second-order valence-corrected chi connectivity index (χ2v) is 10.2. The number of aryl methyl sites for hydroxylation is 1. The second-order valence-electron chi connectivity index (χ2n) is 9.13. The Hall–Kier alpha value is -2.52. The van der Waals surface area contributed by atoms with Crippen molar-refractivity contribution in [2.75, 3.05) is 25.0 Å². The molecule has 2 aromatic rings. The van der Waals surface area contributed by atoms with Crippen molar-refractivity contribution in [1.29, 1.82) is 0 Å². The van der Waals surface area contributed by atoms with E-state index in [0.29, 0.717) is 24.6 Å². The topological polar surface area (TPSA) is 96.5 Å². The molecule has 0 radical (unpaired) electrons. The Morgan fingerprint density at radius 2 is 2.13 bits per heavy atom. The van der Waals surface area contributed by atoms with E-state index in [9.17, 15) is 9.59 Å². The molecule has 2 amide bonds. The lowest BCUT2D eigenvalue weighted by Crippen LogP contribution is -2.36. The number of carbonyl (C=O) groups excluding carboxylic acids is 2. The van der Waals surface area contributed by atoms with Gasteiger partial charge in [-0.3, -0.25) is 9.78 Å². The summed E-state index contributed by atoms with van der Waals surface area (Å²) in [6.07, 6.45) is 2.94. The number of carbonyl (C=O) groups is 2. The minimum absolute atomic E-state index is 0.0124. The molecule has 2 atom stereocenters. The number of hydrogen-bond acceptors (Lipinski definition) is 7. The molecule has 1 unspecified atom stereocenters. The predicted molar refractivity (Wildman–Crippen MR) is 119 cm³/mol. The predicted octanol–water partition coefficient (Wildman–Crippen LogP) is 3.28. The molecule has 9 heteroatoms. The third-order valence-electron chi connectivity index (χ3n) is 5.37. The minimum atomic E-state index is -0.547. The summed E-state index contributed by atoms with van der Waals surface area (Å²) < 4.78 is 5.42. The highest BCUT2D eigenvalue weighted by Crippen LogP contribution is 2.35. The van der Waals surface area contributed by atoms with Crippen LogP contribution in [0.5, 0.6) is 0 Å². The second kappa shape index (κ2) is 8.55. The lowest BCUT2D eigenvalue weighted by molar-refractivity contribution is -0.119. The zero-order valence-electron chi connectivity index (χ0n) is 18.4. The fourth-order valence-corrected chi connectivity index (χ4v) is 4.92. The smallest absolute Gasteiger partial charge is 0.410 e. The van der Waals surface area contributed by atoms with Gasteiger partial charge in [0.25, 0.3) is 0 Å². The maximum atomic E-state index is 12.8. The number of fused-ring (bicyclic) bond motifs is 1. The standard InChI is InChI=1S/C22H29N5O3S/c1-13-5-6-15(24-11-13)17-18-16(7-9-23-17)25-20(31-18)26-19(28)14-8-10-27(12-14)21(29)30-22(2,3)4/h5-6,11,14,17,23H,7-10,12H2,1-4H3,(H,25,26,28)/t14-,17?/m0/s1. The molecule has 0 spiro atoms. The summed E-state index contributed by atoms with van der Waals surface area (Å²) in [5.74, 6) is -0.365. The summed E-state index contributed by atoms with van der Waals surface area (Å²) in [5.41, 5.74) is 2.54. The fraction of sp³-hybridized carbons (Fsp3) is 0.545. The highest BCUT2D eigenvalue weighted by atomic mass is 32.1. The van der Waals surface area contributed by atoms with Gasteiger partial charge in [-0.05, 0) is 45.7 Å². The first kappa shape index (κ1) is 21.7. The molecule has 1 fully saturated rings. The van der Waals surface area contributed by atoms with Crippen LogP contribution >= 0.6 is 11.3 Å². The van der Waals surface area contributed by atoms with Crippen molar-refractivity contribution in [2.45, 2.75) is 52.2 Å². The third kappa shape index (κ3) is 5.04. The van der Waals surface area contributed by atoms with Crippen molar-refractivity contribution in [3.05, 3.63) is 40.2 Å². The number of thiazole rings is 1. The van der Waals surface area contributed by atoms with Crippen LogP contribution in [0.2, 0.25) is 0 Å². The van der Waals surface area contributed by atoms with Crippen LogP contribution in [0.4, 0.5) is 9.93 Å². The number of likely N-dealkylation sites (tertiary alicyclic amines) is 1. The Bertz CT molecular complexity index is 967. The molecule has 0 aromatic carbocycles. The van der Waals surface area contributed by atoms with E-state index >= 15 is 0 Å². The molecular weight excluding hydrogens is 414 g/mol. The first-order chi connectivity index (χ1) is 14.7. The molecule has 8 nitrogen and oxygen atoms in total. The highest BCUT2D eigenvalue weighted by molar-refractivity contribution is 7.16. The highest BCUT2D eigenvalue weighted by Gasteiger charge is 2.34. The summed E-state index contributed by atoms with van der Waals surface area (Å²) in [4.78, 5) is 37.0. The van der Waals surface area contributed by atoms with E-state index in [1.165, 1.54) is 11.3 Å². The van der Waals surface area contributed by atoms with Crippen LogP contribution in [-0.4, -0.2) is 52.1 Å². The van der Waals surface area contributed by atoms with Gasteiger partial charge in [-0.25, -0.2) is 9.78 Å². The SMILES string of the molecule is Cc1ccc(C2NCCc3nc(NC(=O)[C@H]4CCN(C(=O)OC(C)(C)C)C4)sc32)nc1. The van der Waals surface area contributed by atoms with E-state index < -0.39 is 5.60 Å². The molecule has 0 aliphatic carbocycles. The van der Waals surface area contributed by atoms with Crippen LogP contribution in [0.25, 0.3) is 0 Å². The van der Waals surface area contributed by atoms with Crippen molar-refractivity contribution in [3.63, 3.8) is 0 Å². The maximum Gasteiger partial charge on any atom is 0.410 e. The number of rotatable bonds is 3. The van der Waals surface area contributed by atoms with Gasteiger partial charge < -0.3 is 20.3 Å². The molecule has 2 aromatic heterocycles. The van der Waals surface area contributed by atoms with Gasteiger partial charge in [0.1, 0.15) is 5.60 Å². The van der Waals surface area contributed by atoms with Crippen LogP contribution in [0.15, 0.2) is 18.3 Å². The Balaban J connectivity index is 1.41. The Kier molecular flexibility index (Phi) is 5.98. The molecule has 2 N–H and O–H groups in total. The van der Waals surface area contributed by atoms with Gasteiger partial charge in [0.05, 0.1) is 28.2 Å². The number of ether oxygens (including phenoxy) is 1. The van der Waals surface area contributed by atoms with Crippen LogP contribution in [-0.2, 0) is 16.0 Å². The first-order valence-electron chi connectivity index (χ1n) is 10.6. The summed E-state index contributed by atoms with van der Waals surface area (Å²) in [6, 6.07) is 4.07. The Labute approximate surface area is 186 Å². The zero-order chi connectivity index (χ0) is 22.2. The average molecular weight is 444 g/mol. The number of nitrogens with zero attached hydrogens (tertiary/aromatic N) is 3. The van der Waals surface area contributed by atoms with E-state index in [1.807, 2.05) is 40.0 Å². The maximum absolute atomic E-state index is 12.8. The van der Waals surface area contributed by atoms with Gasteiger partial charge in [0.2, 0.25) is 5.91 Å². The van der Waals surface area contributed by atoms with Gasteiger partial charge in [-0.1, -0.05) is 17.4 Å². The average Bonchev–Trinajstić information content (AvgIpc) is 3.34. The van der Waals surface area contributed by atoms with Crippen molar-refractivity contribution < 1.29 is 14.3 Å². The van der Waals surface area contributed by atoms with Crippen molar-refractivity contribution in [1.82, 2.24) is 20.2 Å². The first-order valence-corrected chi connectivity index (χ1v) is 11.5. The molecule has 166 valence electrons. The summed E-state index contributed by atoms with van der Waals surface area (Å²) in [5, 5.41) is 7.08. The lowest BCUT2D eigenvalue weighted by atomic mass is 10.0. The molecular formula is C22H29N5O3S. The summed E-state index contributed by atoms with van der Waals surface area (Å²) >= 11 is 1.49. The number of anilines is 1. The number of pyridine rings is 1. The van der Waals surface area contributed by atoms with Crippen molar-refractivity contribution in [2.24, 2.45) is 5.92 Å². The van der Waals surface area contributed by atoms with E-state index in [2.05, 4.69) is 26.7 Å². The summed E-state index contributed by atoms with van der Waals surface area (Å²) in [7, 11) is 0. The van der Waals surface area contributed by atoms with Crippen molar-refractivity contribution >= 4 is 28.5 Å². The van der Waals surface area contributed by atoms with Gasteiger partial charge in [-0.15, -0.1) is 0 Å². The number of aromatic nitrogens is 2. The van der Waals surface area contributed by atoms with Crippen molar-refractivity contribution in [3.8, 4) is 0 Å². The van der Waals surface area contributed by atoms with E-state index in [0.717, 1.165) is 34.8 Å². The van der Waals surface area contributed by atoms with Gasteiger partial charge >= 0.3 is 6.09 Å². The fourth-order valence-electron chi connectivity index (χ4n) is 3.81. The van der Waals surface area contributed by atoms with Crippen LogP contribution in [0, 0.1) is 12.8 Å². The quantitative estimate of drug-likeness (QED) is 0.756. The van der Waals surface area contributed by atoms with Crippen LogP contribution in [0.1, 0.15) is 55.1 Å². The number of hydrogen-bond donors (Lipinski definition) is 2. The molecule has 2 aliphatic heterocycles. The largest absolute Gasteiger partial charge is 0.444 e. The molecule has 1 saturated heterocycles. The molecule has 31 heavy (non-hydrogen) atoms. The van der Waals surface area contributed by atoms with E-state index in [-0.39, 0.29) is 24.0 Å². The molecule has 4 rings (SSSR count). The van der Waals surface area contributed by atoms with Gasteiger partial charge in [0, 0.05) is 32.3 Å². The Morgan fingerprint density at radius 1 is 1.32 bits per heavy atom. The van der Waals surface area contributed by atoms with Crippen LogP contribution < -0.4 is 10.6 Å². The molecule has 4 heterocycles. The van der Waals surface area contributed by atoms with E-state index in [4.69, 9.17) is 4.74 Å². The molecule has 0 bridgehead atoms. The van der Waals surface area contributed by atoms with Gasteiger partial charge in [0.15, 0.2) is 5.13 Å². The summed E-state index contributed by atoms with van der Waals surface area (Å²) in [6.45, 7) is 9.23. The monoisotopic (exact) mass is 443 g/mol. The number of nitrogens with one attached hydrogen (secondary N) is 2. The van der Waals surface area contributed by atoms with Gasteiger partial charge in [-0.2, -0.15) is 0 Å². The molecule has 2 aliphatic rings. The van der Waals surface area contributed by atoms with E-state index in [1.54, 1.807) is 4.90 Å². The lowest BCUT2D eigenvalue weighted by Gasteiger charge is -2.24. The third-order valence-corrected chi connectivity index (χ3v) is 6.45. The zero-order valence-corrected chi connectivity index (χ0v) is 19.2. The normalized spacial score (nSPS) is 21.0. The Morgan fingerprint density at radius 3 is 2.84 bits per heavy atom. The minimum Gasteiger partial charge on any atom is -0.444 e. The number of amides is 2. The van der Waals surface area contributed by atoms with Crippen LogP contribution in [0.3, 0.4) is 0 Å². The molecule has 0 saturated carbocycles.